The Bertz CT molecular complexity index is 1110. The molecule has 1 aromatic heterocycles. The number of esters is 1. The van der Waals surface area contributed by atoms with Crippen LogP contribution >= 0.6 is 0 Å². The highest BCUT2D eigenvalue weighted by atomic mass is 16.5. The Morgan fingerprint density at radius 2 is 1.84 bits per heavy atom. The number of ether oxygens (including phenoxy) is 2. The molecule has 0 amide bonds. The number of methoxy groups -OCH3 is 1. The highest BCUT2D eigenvalue weighted by molar-refractivity contribution is 6.01. The molecule has 5 heteroatoms. The molecule has 0 aliphatic heterocycles. The van der Waals surface area contributed by atoms with Crippen LogP contribution in [0.4, 0.5) is 0 Å². The Morgan fingerprint density at radius 1 is 1.06 bits per heavy atom. The first kappa shape index (κ1) is 20.9. The second kappa shape index (κ2) is 9.61. The Hall–Kier alpha value is -3.39. The highest BCUT2D eigenvalue weighted by Gasteiger charge is 2.22. The minimum absolute atomic E-state index is 0.0301. The number of fused-ring (bicyclic) bond motifs is 1. The molecule has 0 N–H and O–H groups in total. The second-order valence-electron chi connectivity index (χ2n) is 8.10. The van der Waals surface area contributed by atoms with Crippen LogP contribution in [0.2, 0.25) is 0 Å². The molecule has 1 saturated carbocycles. The van der Waals surface area contributed by atoms with Gasteiger partial charge in [0, 0.05) is 10.8 Å². The van der Waals surface area contributed by atoms with E-state index in [1.807, 2.05) is 42.5 Å². The molecule has 1 aliphatic carbocycles. The standard InChI is InChI=1S/C26H26N2O3/c1-30-26(29)24-25(31-17-19-10-6-3-7-11-19)21-13-12-20(14-18-8-4-2-5-9-18)15-22(21)23(16-27)28-24/h3,6-7,10-13,15,18H,2,4-5,8-9,14,17H2,1H3. The molecule has 0 unspecified atom stereocenters. The number of rotatable bonds is 6. The smallest absolute Gasteiger partial charge is 0.360 e. The van der Waals surface area contributed by atoms with E-state index < -0.39 is 5.97 Å². The van der Waals surface area contributed by atoms with Crippen molar-refractivity contribution in [2.24, 2.45) is 5.92 Å². The third kappa shape index (κ3) is 4.69. The van der Waals surface area contributed by atoms with Crippen LogP contribution in [-0.4, -0.2) is 18.1 Å². The average Bonchev–Trinajstić information content (AvgIpc) is 2.83. The second-order valence-corrected chi connectivity index (χ2v) is 8.10. The number of nitriles is 1. The SMILES string of the molecule is COC(=O)c1nc(C#N)c2cc(CC3CCCCC3)ccc2c1OCc1ccccc1. The quantitative estimate of drug-likeness (QED) is 0.491. The van der Waals surface area contributed by atoms with Gasteiger partial charge in [0.05, 0.1) is 7.11 Å². The summed E-state index contributed by atoms with van der Waals surface area (Å²) < 4.78 is 11.0. The monoisotopic (exact) mass is 414 g/mol. The van der Waals surface area contributed by atoms with Crippen LogP contribution in [0, 0.1) is 17.2 Å². The van der Waals surface area contributed by atoms with Gasteiger partial charge in [-0.25, -0.2) is 9.78 Å². The molecule has 4 rings (SSSR count). The van der Waals surface area contributed by atoms with Gasteiger partial charge in [-0.2, -0.15) is 5.26 Å². The number of benzene rings is 2. The van der Waals surface area contributed by atoms with Crippen molar-refractivity contribution in [3.63, 3.8) is 0 Å². The third-order valence-electron chi connectivity index (χ3n) is 5.98. The first-order valence-electron chi connectivity index (χ1n) is 10.8. The first-order chi connectivity index (χ1) is 15.2. The molecule has 158 valence electrons. The maximum atomic E-state index is 12.4. The molecule has 31 heavy (non-hydrogen) atoms. The van der Waals surface area contributed by atoms with Crippen LogP contribution < -0.4 is 4.74 Å². The van der Waals surface area contributed by atoms with E-state index in [2.05, 4.69) is 17.1 Å². The van der Waals surface area contributed by atoms with Crippen molar-refractivity contribution in [1.29, 1.82) is 5.26 Å². The van der Waals surface area contributed by atoms with E-state index in [0.29, 0.717) is 22.4 Å². The Balaban J connectivity index is 1.74. The zero-order chi connectivity index (χ0) is 21.6. The van der Waals surface area contributed by atoms with Crippen LogP contribution in [0.3, 0.4) is 0 Å². The minimum atomic E-state index is -0.618. The van der Waals surface area contributed by atoms with E-state index in [9.17, 15) is 10.1 Å². The van der Waals surface area contributed by atoms with Gasteiger partial charge in [-0.15, -0.1) is 0 Å². The van der Waals surface area contributed by atoms with Gasteiger partial charge in [-0.1, -0.05) is 74.6 Å². The summed E-state index contributed by atoms with van der Waals surface area (Å²) in [5.74, 6) is 0.425. The Labute approximate surface area is 182 Å². The maximum absolute atomic E-state index is 12.4. The minimum Gasteiger partial charge on any atom is -0.486 e. The summed E-state index contributed by atoms with van der Waals surface area (Å²) in [6.07, 6.45) is 7.43. The molecule has 3 aromatic rings. The van der Waals surface area contributed by atoms with Crippen molar-refractivity contribution >= 4 is 16.7 Å². The lowest BCUT2D eigenvalue weighted by Gasteiger charge is -2.22. The molecular weight excluding hydrogens is 388 g/mol. The van der Waals surface area contributed by atoms with E-state index in [1.165, 1.54) is 44.8 Å². The first-order valence-corrected chi connectivity index (χ1v) is 10.8. The van der Waals surface area contributed by atoms with E-state index in [0.717, 1.165) is 12.0 Å². The Morgan fingerprint density at radius 3 is 2.55 bits per heavy atom. The topological polar surface area (TPSA) is 72.2 Å². The summed E-state index contributed by atoms with van der Waals surface area (Å²) in [5, 5.41) is 11.1. The summed E-state index contributed by atoms with van der Waals surface area (Å²) in [6, 6.07) is 17.9. The third-order valence-corrected chi connectivity index (χ3v) is 5.98. The molecule has 5 nitrogen and oxygen atoms in total. The largest absolute Gasteiger partial charge is 0.486 e. The van der Waals surface area contributed by atoms with Gasteiger partial charge in [0.25, 0.3) is 0 Å². The van der Waals surface area contributed by atoms with Gasteiger partial charge in [0.1, 0.15) is 18.4 Å². The summed E-state index contributed by atoms with van der Waals surface area (Å²) in [6.45, 7) is 0.289. The average molecular weight is 415 g/mol. The van der Waals surface area contributed by atoms with E-state index in [-0.39, 0.29) is 18.0 Å². The number of hydrogen-bond acceptors (Lipinski definition) is 5. The van der Waals surface area contributed by atoms with Crippen molar-refractivity contribution in [2.75, 3.05) is 7.11 Å². The number of carbonyl (C=O) groups is 1. The maximum Gasteiger partial charge on any atom is 0.360 e. The van der Waals surface area contributed by atoms with Crippen molar-refractivity contribution in [3.05, 3.63) is 71.0 Å². The fourth-order valence-electron chi connectivity index (χ4n) is 4.38. The molecule has 0 radical (unpaired) electrons. The van der Waals surface area contributed by atoms with Crippen LogP contribution in [0.5, 0.6) is 5.75 Å². The molecular formula is C26H26N2O3. The fraction of sp³-hybridized carbons (Fsp3) is 0.346. The van der Waals surface area contributed by atoms with Crippen LogP contribution in [0.1, 0.15) is 59.4 Å². The van der Waals surface area contributed by atoms with Gasteiger partial charge in [-0.05, 0) is 29.5 Å². The summed E-state index contributed by atoms with van der Waals surface area (Å²) >= 11 is 0. The molecule has 0 bridgehead atoms. The van der Waals surface area contributed by atoms with Crippen molar-refractivity contribution in [2.45, 2.75) is 45.1 Å². The molecule has 1 fully saturated rings. The predicted molar refractivity (Wildman–Crippen MR) is 119 cm³/mol. The van der Waals surface area contributed by atoms with Gasteiger partial charge in [-0.3, -0.25) is 0 Å². The summed E-state index contributed by atoms with van der Waals surface area (Å²) in [4.78, 5) is 16.7. The van der Waals surface area contributed by atoms with Crippen LogP contribution in [0.25, 0.3) is 10.8 Å². The zero-order valence-electron chi connectivity index (χ0n) is 17.8. The van der Waals surface area contributed by atoms with E-state index in [1.54, 1.807) is 0 Å². The normalized spacial score (nSPS) is 14.2. The van der Waals surface area contributed by atoms with E-state index in [4.69, 9.17) is 9.47 Å². The van der Waals surface area contributed by atoms with Gasteiger partial charge >= 0.3 is 5.97 Å². The van der Waals surface area contributed by atoms with Crippen molar-refractivity contribution in [3.8, 4) is 11.8 Å². The molecule has 2 aromatic carbocycles. The number of carbonyl (C=O) groups excluding carboxylic acids is 1. The van der Waals surface area contributed by atoms with Gasteiger partial charge < -0.3 is 9.47 Å². The lowest BCUT2D eigenvalue weighted by molar-refractivity contribution is 0.0588. The molecule has 0 atom stereocenters. The summed E-state index contributed by atoms with van der Waals surface area (Å²) in [7, 11) is 1.30. The van der Waals surface area contributed by atoms with Crippen LogP contribution in [-0.2, 0) is 17.8 Å². The van der Waals surface area contributed by atoms with Crippen molar-refractivity contribution in [1.82, 2.24) is 4.98 Å². The lowest BCUT2D eigenvalue weighted by atomic mass is 9.84. The highest BCUT2D eigenvalue weighted by Crippen LogP contribution is 2.34. The number of hydrogen-bond donors (Lipinski definition) is 0. The lowest BCUT2D eigenvalue weighted by Crippen LogP contribution is -2.11. The molecule has 1 aliphatic rings. The van der Waals surface area contributed by atoms with Gasteiger partial charge in [0.2, 0.25) is 0 Å². The zero-order valence-corrected chi connectivity index (χ0v) is 17.8. The van der Waals surface area contributed by atoms with Gasteiger partial charge in [0.15, 0.2) is 11.4 Å². The van der Waals surface area contributed by atoms with Crippen LogP contribution in [0.15, 0.2) is 48.5 Å². The number of nitrogens with zero attached hydrogens (tertiary/aromatic N) is 2. The number of aromatic nitrogens is 1. The predicted octanol–water partition coefficient (Wildman–Crippen LogP) is 5.59. The molecule has 1 heterocycles. The Kier molecular flexibility index (Phi) is 6.47. The van der Waals surface area contributed by atoms with E-state index >= 15 is 0 Å². The molecule has 0 saturated heterocycles. The van der Waals surface area contributed by atoms with Crippen molar-refractivity contribution < 1.29 is 14.3 Å². The summed E-state index contributed by atoms with van der Waals surface area (Å²) in [5.41, 5.74) is 2.41. The molecule has 0 spiro atoms. The number of pyridine rings is 1. The fourth-order valence-corrected chi connectivity index (χ4v) is 4.38.